The van der Waals surface area contributed by atoms with Crippen LogP contribution in [0.15, 0.2) is 22.5 Å². The summed E-state index contributed by atoms with van der Waals surface area (Å²) >= 11 is 3.44. The van der Waals surface area contributed by atoms with Crippen molar-refractivity contribution in [2.75, 3.05) is 12.0 Å². The standard InChI is InChI=1S/C11H15N3OS2/c1-16-6-4-9-11(15)14-13-10(12-9)7-8-3-2-5-17-8/h2-3,5,9H,4,6-7H2,1H3,(H,12,13)(H,14,15). The zero-order valence-corrected chi connectivity index (χ0v) is 11.2. The van der Waals surface area contributed by atoms with Crippen LogP contribution in [-0.2, 0) is 11.2 Å². The largest absolute Gasteiger partial charge is 0.285 e. The van der Waals surface area contributed by atoms with E-state index >= 15 is 0 Å². The number of carbonyl (C=O) groups excluding carboxylic acids is 1. The minimum atomic E-state index is -0.237. The molecule has 0 spiro atoms. The maximum atomic E-state index is 11.6. The number of amides is 1. The van der Waals surface area contributed by atoms with Crippen molar-refractivity contribution in [1.29, 1.82) is 0 Å². The van der Waals surface area contributed by atoms with Crippen LogP contribution < -0.4 is 10.9 Å². The van der Waals surface area contributed by atoms with Gasteiger partial charge in [-0.3, -0.25) is 20.6 Å². The van der Waals surface area contributed by atoms with Gasteiger partial charge in [0, 0.05) is 11.3 Å². The van der Waals surface area contributed by atoms with Crippen molar-refractivity contribution in [3.8, 4) is 0 Å². The highest BCUT2D eigenvalue weighted by Crippen LogP contribution is 2.12. The molecule has 1 amide bonds. The molecule has 1 atom stereocenters. The van der Waals surface area contributed by atoms with Gasteiger partial charge >= 0.3 is 0 Å². The molecule has 0 saturated carbocycles. The predicted molar refractivity (Wildman–Crippen MR) is 73.5 cm³/mol. The molecule has 4 nitrogen and oxygen atoms in total. The number of aliphatic imine (C=N–C) groups is 1. The van der Waals surface area contributed by atoms with E-state index in [1.54, 1.807) is 23.1 Å². The maximum Gasteiger partial charge on any atom is 0.263 e. The number of hydrazine groups is 1. The van der Waals surface area contributed by atoms with E-state index in [1.165, 1.54) is 4.88 Å². The summed E-state index contributed by atoms with van der Waals surface area (Å²) in [7, 11) is 0. The molecule has 1 unspecified atom stereocenters. The monoisotopic (exact) mass is 269 g/mol. The Morgan fingerprint density at radius 2 is 2.41 bits per heavy atom. The first-order chi connectivity index (χ1) is 8.29. The van der Waals surface area contributed by atoms with Crippen molar-refractivity contribution >= 4 is 34.8 Å². The van der Waals surface area contributed by atoms with Crippen molar-refractivity contribution in [2.45, 2.75) is 18.9 Å². The summed E-state index contributed by atoms with van der Waals surface area (Å²) in [5.41, 5.74) is 5.54. The lowest BCUT2D eigenvalue weighted by Crippen LogP contribution is -2.51. The van der Waals surface area contributed by atoms with E-state index in [-0.39, 0.29) is 11.9 Å². The quantitative estimate of drug-likeness (QED) is 0.850. The molecule has 6 heteroatoms. The highest BCUT2D eigenvalue weighted by atomic mass is 32.2. The van der Waals surface area contributed by atoms with Crippen LogP contribution in [0.5, 0.6) is 0 Å². The predicted octanol–water partition coefficient (Wildman–Crippen LogP) is 1.45. The molecule has 1 aromatic rings. The first kappa shape index (κ1) is 12.4. The summed E-state index contributed by atoms with van der Waals surface area (Å²) in [5, 5.41) is 2.04. The van der Waals surface area contributed by atoms with E-state index in [0.29, 0.717) is 0 Å². The van der Waals surface area contributed by atoms with Crippen molar-refractivity contribution in [1.82, 2.24) is 10.9 Å². The minimum Gasteiger partial charge on any atom is -0.285 e. The third kappa shape index (κ3) is 3.47. The lowest BCUT2D eigenvalue weighted by Gasteiger charge is -2.21. The maximum absolute atomic E-state index is 11.6. The van der Waals surface area contributed by atoms with Crippen molar-refractivity contribution in [3.63, 3.8) is 0 Å². The summed E-state index contributed by atoms with van der Waals surface area (Å²) in [6.45, 7) is 0. The molecule has 0 fully saturated rings. The van der Waals surface area contributed by atoms with Gasteiger partial charge in [0.15, 0.2) is 0 Å². The van der Waals surface area contributed by atoms with Crippen LogP contribution >= 0.6 is 23.1 Å². The zero-order chi connectivity index (χ0) is 12.1. The highest BCUT2D eigenvalue weighted by Gasteiger charge is 2.22. The molecule has 2 N–H and O–H groups in total. The average Bonchev–Trinajstić information content (AvgIpc) is 2.82. The number of rotatable bonds is 5. The van der Waals surface area contributed by atoms with Crippen LogP contribution in [-0.4, -0.2) is 29.8 Å². The van der Waals surface area contributed by atoms with Gasteiger partial charge < -0.3 is 0 Å². The average molecular weight is 269 g/mol. The molecule has 1 aromatic heterocycles. The van der Waals surface area contributed by atoms with E-state index in [9.17, 15) is 4.79 Å². The van der Waals surface area contributed by atoms with Gasteiger partial charge in [-0.15, -0.1) is 11.3 Å². The number of nitrogens with one attached hydrogen (secondary N) is 2. The Labute approximate surface area is 109 Å². The van der Waals surface area contributed by atoms with Gasteiger partial charge in [-0.2, -0.15) is 11.8 Å². The number of amidine groups is 1. The number of thioether (sulfide) groups is 1. The van der Waals surface area contributed by atoms with E-state index in [4.69, 9.17) is 0 Å². The Hall–Kier alpha value is -1.01. The topological polar surface area (TPSA) is 53.5 Å². The molecule has 2 rings (SSSR count). The number of hydrogen-bond acceptors (Lipinski definition) is 5. The smallest absolute Gasteiger partial charge is 0.263 e. The normalized spacial score (nSPS) is 19.5. The van der Waals surface area contributed by atoms with Gasteiger partial charge in [-0.1, -0.05) is 6.07 Å². The molecule has 0 aromatic carbocycles. The summed E-state index contributed by atoms with van der Waals surface area (Å²) in [4.78, 5) is 17.3. The fourth-order valence-electron chi connectivity index (χ4n) is 1.59. The second-order valence-corrected chi connectivity index (χ2v) is 5.76. The molecular formula is C11H15N3OS2. The number of hydrogen-bond donors (Lipinski definition) is 2. The lowest BCUT2D eigenvalue weighted by molar-refractivity contribution is -0.123. The second kappa shape index (κ2) is 6.07. The van der Waals surface area contributed by atoms with E-state index in [0.717, 1.165) is 24.4 Å². The lowest BCUT2D eigenvalue weighted by atomic mass is 10.2. The molecule has 92 valence electrons. The Bertz CT molecular complexity index is 403. The van der Waals surface area contributed by atoms with Gasteiger partial charge in [-0.05, 0) is 29.9 Å². The zero-order valence-electron chi connectivity index (χ0n) is 9.60. The number of nitrogens with zero attached hydrogens (tertiary/aromatic N) is 1. The summed E-state index contributed by atoms with van der Waals surface area (Å²) in [5.74, 6) is 1.76. The first-order valence-electron chi connectivity index (χ1n) is 5.43. The van der Waals surface area contributed by atoms with Crippen LogP contribution in [0.25, 0.3) is 0 Å². The van der Waals surface area contributed by atoms with E-state index in [1.807, 2.05) is 17.7 Å². The Morgan fingerprint density at radius 3 is 3.12 bits per heavy atom. The summed E-state index contributed by atoms with van der Waals surface area (Å²) in [6.07, 6.45) is 3.59. The third-order valence-corrected chi connectivity index (χ3v) is 3.98. The third-order valence-electron chi connectivity index (χ3n) is 2.46. The van der Waals surface area contributed by atoms with Gasteiger partial charge in [-0.25, -0.2) is 0 Å². The fraction of sp³-hybridized carbons (Fsp3) is 0.455. The van der Waals surface area contributed by atoms with Crippen molar-refractivity contribution in [3.05, 3.63) is 22.4 Å². The van der Waals surface area contributed by atoms with Crippen molar-refractivity contribution in [2.24, 2.45) is 4.99 Å². The van der Waals surface area contributed by atoms with Crippen LogP contribution in [0.1, 0.15) is 11.3 Å². The Balaban J connectivity index is 1.99. The minimum absolute atomic E-state index is 0.0334. The highest BCUT2D eigenvalue weighted by molar-refractivity contribution is 7.98. The van der Waals surface area contributed by atoms with Gasteiger partial charge in [0.25, 0.3) is 5.91 Å². The molecule has 1 aliphatic heterocycles. The second-order valence-electron chi connectivity index (χ2n) is 3.74. The fourth-order valence-corrected chi connectivity index (χ4v) is 2.76. The van der Waals surface area contributed by atoms with Crippen molar-refractivity contribution < 1.29 is 4.79 Å². The van der Waals surface area contributed by atoms with Crippen LogP contribution in [0.2, 0.25) is 0 Å². The van der Waals surface area contributed by atoms with Crippen LogP contribution in [0, 0.1) is 0 Å². The Kier molecular flexibility index (Phi) is 4.44. The molecule has 0 saturated heterocycles. The van der Waals surface area contributed by atoms with Gasteiger partial charge in [0.2, 0.25) is 0 Å². The SMILES string of the molecule is CSCCC1N=C(Cc2cccs2)NNC1=O. The summed E-state index contributed by atoms with van der Waals surface area (Å²) in [6, 6.07) is 3.86. The molecule has 2 heterocycles. The molecule has 0 bridgehead atoms. The first-order valence-corrected chi connectivity index (χ1v) is 7.71. The number of carbonyl (C=O) groups is 1. The molecular weight excluding hydrogens is 254 g/mol. The van der Waals surface area contributed by atoms with Crippen LogP contribution in [0.4, 0.5) is 0 Å². The molecule has 17 heavy (non-hydrogen) atoms. The molecule has 0 aliphatic carbocycles. The Morgan fingerprint density at radius 1 is 1.53 bits per heavy atom. The molecule has 1 aliphatic rings. The van der Waals surface area contributed by atoms with E-state index in [2.05, 4.69) is 21.9 Å². The number of thiophene rings is 1. The summed E-state index contributed by atoms with van der Waals surface area (Å²) < 4.78 is 0. The molecule has 0 radical (unpaired) electrons. The van der Waals surface area contributed by atoms with Gasteiger partial charge in [0.05, 0.1) is 0 Å². The van der Waals surface area contributed by atoms with E-state index < -0.39 is 0 Å². The van der Waals surface area contributed by atoms with Gasteiger partial charge in [0.1, 0.15) is 11.9 Å². The van der Waals surface area contributed by atoms with Crippen LogP contribution in [0.3, 0.4) is 0 Å².